The van der Waals surface area contributed by atoms with Gasteiger partial charge in [-0.1, -0.05) is 27.7 Å². The Balaban J connectivity index is 3.30. The van der Waals surface area contributed by atoms with Crippen molar-refractivity contribution < 1.29 is 14.5 Å². The molecule has 21 heavy (non-hydrogen) atoms. The molecule has 0 atom stereocenters. The van der Waals surface area contributed by atoms with E-state index in [2.05, 4.69) is 10.3 Å². The molecule has 1 N–H and O–H groups in total. The van der Waals surface area contributed by atoms with Crippen LogP contribution in [0.25, 0.3) is 0 Å². The zero-order valence-electron chi connectivity index (χ0n) is 13.0. The Morgan fingerprint density at radius 1 is 1.38 bits per heavy atom. The molecule has 1 aromatic heterocycles. The molecule has 0 fully saturated rings. The van der Waals surface area contributed by atoms with Crippen LogP contribution in [0, 0.1) is 10.1 Å². The van der Waals surface area contributed by atoms with E-state index in [-0.39, 0.29) is 29.1 Å². The van der Waals surface area contributed by atoms with Gasteiger partial charge in [0.25, 0.3) is 5.69 Å². The third-order valence-electron chi connectivity index (χ3n) is 3.01. The summed E-state index contributed by atoms with van der Waals surface area (Å²) in [5, 5.41) is 13.7. The van der Waals surface area contributed by atoms with Crippen LogP contribution in [0.15, 0.2) is 6.07 Å². The monoisotopic (exact) mass is 295 g/mol. The number of aromatic nitrogens is 1. The highest BCUT2D eigenvalue weighted by Crippen LogP contribution is 2.33. The molecule has 0 saturated carbocycles. The highest BCUT2D eigenvalue weighted by Gasteiger charge is 2.26. The molecule has 7 heteroatoms. The lowest BCUT2D eigenvalue weighted by atomic mass is 9.96. The number of hydrogen-bond donors (Lipinski definition) is 1. The van der Waals surface area contributed by atoms with E-state index in [0.29, 0.717) is 17.0 Å². The Bertz CT molecular complexity index is 512. The smallest absolute Gasteiger partial charge is 0.407 e. The summed E-state index contributed by atoms with van der Waals surface area (Å²) >= 11 is 0. The van der Waals surface area contributed by atoms with Crippen LogP contribution < -0.4 is 5.32 Å². The minimum Gasteiger partial charge on any atom is -0.443 e. The lowest BCUT2D eigenvalue weighted by molar-refractivity contribution is -0.386. The van der Waals surface area contributed by atoms with Crippen molar-refractivity contribution >= 4 is 11.8 Å². The van der Waals surface area contributed by atoms with E-state index in [4.69, 9.17) is 4.74 Å². The van der Waals surface area contributed by atoms with Crippen molar-refractivity contribution in [2.24, 2.45) is 0 Å². The number of hydrogen-bond acceptors (Lipinski definition) is 5. The molecule has 116 valence electrons. The summed E-state index contributed by atoms with van der Waals surface area (Å²) in [4.78, 5) is 26.4. The number of nitrogens with zero attached hydrogens (tertiary/aromatic N) is 2. The Kier molecular flexibility index (Phi) is 5.63. The highest BCUT2D eigenvalue weighted by atomic mass is 16.6. The Hall–Kier alpha value is -2.18. The molecule has 7 nitrogen and oxygen atoms in total. The number of pyridine rings is 1. The largest absolute Gasteiger partial charge is 0.443 e. The van der Waals surface area contributed by atoms with Crippen molar-refractivity contribution in [2.75, 3.05) is 7.05 Å². The Labute approximate surface area is 123 Å². The zero-order chi connectivity index (χ0) is 16.2. The fraction of sp³-hybridized carbons (Fsp3) is 0.571. The van der Waals surface area contributed by atoms with Gasteiger partial charge < -0.3 is 10.1 Å². The molecule has 0 aromatic carbocycles. The second-order valence-corrected chi connectivity index (χ2v) is 5.33. The molecule has 1 rings (SSSR count). The lowest BCUT2D eigenvalue weighted by Gasteiger charge is -2.14. The molecular formula is C14H21N3O4. The maximum Gasteiger partial charge on any atom is 0.407 e. The second kappa shape index (κ2) is 7.01. The Morgan fingerprint density at radius 3 is 2.43 bits per heavy atom. The maximum absolute atomic E-state index is 11.3. The van der Waals surface area contributed by atoms with E-state index < -0.39 is 6.09 Å². The average molecular weight is 295 g/mol. The van der Waals surface area contributed by atoms with Gasteiger partial charge in [-0.3, -0.25) is 10.1 Å². The third-order valence-corrected chi connectivity index (χ3v) is 3.01. The predicted octanol–water partition coefficient (Wildman–Crippen LogP) is 3.09. The van der Waals surface area contributed by atoms with Gasteiger partial charge in [-0.05, 0) is 12.0 Å². The van der Waals surface area contributed by atoms with Crippen LogP contribution >= 0.6 is 0 Å². The topological polar surface area (TPSA) is 94.4 Å². The number of ether oxygens (including phenoxy) is 1. The third kappa shape index (κ3) is 4.14. The highest BCUT2D eigenvalue weighted by molar-refractivity contribution is 5.66. The number of nitro groups is 1. The van der Waals surface area contributed by atoms with Crippen molar-refractivity contribution in [1.29, 1.82) is 0 Å². The number of amides is 1. The summed E-state index contributed by atoms with van der Waals surface area (Å²) < 4.78 is 4.96. The molecule has 1 amide bonds. The first-order chi connectivity index (χ1) is 9.77. The molecule has 1 heterocycles. The second-order valence-electron chi connectivity index (χ2n) is 5.33. The van der Waals surface area contributed by atoms with Gasteiger partial charge >= 0.3 is 6.09 Å². The first-order valence-electron chi connectivity index (χ1n) is 6.80. The van der Waals surface area contributed by atoms with Crippen molar-refractivity contribution in [1.82, 2.24) is 10.3 Å². The van der Waals surface area contributed by atoms with Gasteiger partial charge in [-0.25, -0.2) is 9.78 Å². The van der Waals surface area contributed by atoms with Crippen LogP contribution in [0.2, 0.25) is 0 Å². The zero-order valence-corrected chi connectivity index (χ0v) is 13.0. The molecule has 0 aliphatic carbocycles. The van der Waals surface area contributed by atoms with E-state index in [1.54, 1.807) is 6.07 Å². The van der Waals surface area contributed by atoms with Crippen molar-refractivity contribution in [3.05, 3.63) is 33.1 Å². The number of nitrogens with one attached hydrogen (secondary N) is 1. The summed E-state index contributed by atoms with van der Waals surface area (Å²) in [5.74, 6) is -0.118. The molecule has 0 saturated heterocycles. The minimum absolute atomic E-state index is 0.0168. The van der Waals surface area contributed by atoms with Crippen LogP contribution in [-0.2, 0) is 11.3 Å². The number of rotatable bonds is 5. The van der Waals surface area contributed by atoms with Crippen molar-refractivity contribution in [3.8, 4) is 0 Å². The van der Waals surface area contributed by atoms with Gasteiger partial charge in [-0.15, -0.1) is 0 Å². The average Bonchev–Trinajstić information content (AvgIpc) is 2.42. The van der Waals surface area contributed by atoms with Gasteiger partial charge in [0.2, 0.25) is 0 Å². The molecule has 0 aliphatic rings. The van der Waals surface area contributed by atoms with Crippen molar-refractivity contribution in [3.63, 3.8) is 0 Å². The normalized spacial score (nSPS) is 10.8. The predicted molar refractivity (Wildman–Crippen MR) is 78.3 cm³/mol. The maximum atomic E-state index is 11.3. The van der Waals surface area contributed by atoms with Gasteiger partial charge in [0, 0.05) is 18.5 Å². The van der Waals surface area contributed by atoms with E-state index >= 15 is 0 Å². The summed E-state index contributed by atoms with van der Waals surface area (Å²) in [7, 11) is 1.46. The quantitative estimate of drug-likeness (QED) is 0.665. The standard InChI is InChI=1S/C14H21N3O4/c1-8(2)11-6-10(7-21-14(18)15-5)16-12(9(3)4)13(11)17(19)20/h6,8-9H,7H2,1-5H3,(H,15,18). The summed E-state index contributed by atoms with van der Waals surface area (Å²) in [6, 6.07) is 1.64. The molecule has 0 unspecified atom stereocenters. The van der Waals surface area contributed by atoms with Crippen LogP contribution in [0.1, 0.15) is 56.5 Å². The van der Waals surface area contributed by atoms with Crippen LogP contribution in [-0.4, -0.2) is 23.0 Å². The first kappa shape index (κ1) is 16.9. The first-order valence-corrected chi connectivity index (χ1v) is 6.80. The molecule has 0 aliphatic heterocycles. The van der Waals surface area contributed by atoms with Gasteiger partial charge in [-0.2, -0.15) is 0 Å². The molecule has 0 spiro atoms. The van der Waals surface area contributed by atoms with Gasteiger partial charge in [0.05, 0.1) is 10.6 Å². The number of carbonyl (C=O) groups is 1. The van der Waals surface area contributed by atoms with E-state index in [1.165, 1.54) is 7.05 Å². The van der Waals surface area contributed by atoms with Crippen LogP contribution in [0.5, 0.6) is 0 Å². The van der Waals surface area contributed by atoms with Crippen LogP contribution in [0.4, 0.5) is 10.5 Å². The summed E-state index contributed by atoms with van der Waals surface area (Å²) in [6.07, 6.45) is -0.563. The number of carbonyl (C=O) groups excluding carboxylic acids is 1. The van der Waals surface area contributed by atoms with Gasteiger partial charge in [0.1, 0.15) is 12.3 Å². The molecule has 1 aromatic rings. The van der Waals surface area contributed by atoms with Gasteiger partial charge in [0.15, 0.2) is 0 Å². The fourth-order valence-electron chi connectivity index (χ4n) is 1.96. The molecule has 0 bridgehead atoms. The minimum atomic E-state index is -0.563. The Morgan fingerprint density at radius 2 is 2.00 bits per heavy atom. The number of alkyl carbamates (subject to hydrolysis) is 1. The van der Waals surface area contributed by atoms with Crippen LogP contribution in [0.3, 0.4) is 0 Å². The van der Waals surface area contributed by atoms with E-state index in [1.807, 2.05) is 27.7 Å². The SMILES string of the molecule is CNC(=O)OCc1cc(C(C)C)c([N+](=O)[O-])c(C(C)C)n1. The summed E-state index contributed by atoms with van der Waals surface area (Å²) in [5.41, 5.74) is 1.59. The lowest BCUT2D eigenvalue weighted by Crippen LogP contribution is -2.19. The molecule has 0 radical (unpaired) electrons. The van der Waals surface area contributed by atoms with E-state index in [9.17, 15) is 14.9 Å². The van der Waals surface area contributed by atoms with Crippen molar-refractivity contribution in [2.45, 2.75) is 46.1 Å². The van der Waals surface area contributed by atoms with E-state index in [0.717, 1.165) is 0 Å². The summed E-state index contributed by atoms with van der Waals surface area (Å²) in [6.45, 7) is 7.45. The fourth-order valence-corrected chi connectivity index (χ4v) is 1.96. The molecular weight excluding hydrogens is 274 g/mol.